The van der Waals surface area contributed by atoms with Gasteiger partial charge in [0.15, 0.2) is 0 Å². The minimum absolute atomic E-state index is 0.0903. The first-order chi connectivity index (χ1) is 10.6. The Kier molecular flexibility index (Phi) is 4.89. The van der Waals surface area contributed by atoms with Gasteiger partial charge < -0.3 is 9.47 Å². The Morgan fingerprint density at radius 3 is 2.27 bits per heavy atom. The number of benzene rings is 2. The number of nitrogens with zero attached hydrogens (tertiary/aromatic N) is 1. The summed E-state index contributed by atoms with van der Waals surface area (Å²) in [5, 5.41) is 8.71. The fourth-order valence-electron chi connectivity index (χ4n) is 1.80. The van der Waals surface area contributed by atoms with Crippen LogP contribution in [-0.4, -0.2) is 19.0 Å². The van der Waals surface area contributed by atoms with Crippen molar-refractivity contribution in [3.8, 4) is 6.07 Å². The highest BCUT2D eigenvalue weighted by Gasteiger charge is 2.11. The largest absolute Gasteiger partial charge is 0.465 e. The second-order valence-electron chi connectivity index (χ2n) is 4.46. The molecule has 5 heteroatoms. The Hall–Kier alpha value is -3.13. The molecule has 0 atom stereocenters. The number of hydrogen-bond acceptors (Lipinski definition) is 5. The number of hydrogen-bond donors (Lipinski definition) is 0. The molecule has 0 unspecified atom stereocenters. The van der Waals surface area contributed by atoms with Crippen LogP contribution in [0.2, 0.25) is 0 Å². The van der Waals surface area contributed by atoms with Crippen molar-refractivity contribution in [1.29, 1.82) is 5.26 Å². The summed E-state index contributed by atoms with van der Waals surface area (Å²) in [5.74, 6) is -1.04. The van der Waals surface area contributed by atoms with E-state index in [1.54, 1.807) is 42.5 Å². The molecule has 0 spiro atoms. The minimum Gasteiger partial charge on any atom is -0.465 e. The van der Waals surface area contributed by atoms with E-state index in [4.69, 9.17) is 10.00 Å². The van der Waals surface area contributed by atoms with Crippen LogP contribution >= 0.6 is 0 Å². The van der Waals surface area contributed by atoms with Crippen LogP contribution in [0.4, 0.5) is 0 Å². The molecule has 22 heavy (non-hydrogen) atoms. The molecule has 2 rings (SSSR count). The van der Waals surface area contributed by atoms with Crippen molar-refractivity contribution in [3.63, 3.8) is 0 Å². The molecule has 0 aliphatic heterocycles. The van der Waals surface area contributed by atoms with Gasteiger partial charge in [-0.3, -0.25) is 0 Å². The smallest absolute Gasteiger partial charge is 0.338 e. The van der Waals surface area contributed by atoms with E-state index >= 15 is 0 Å². The van der Waals surface area contributed by atoms with Crippen molar-refractivity contribution in [2.75, 3.05) is 7.11 Å². The van der Waals surface area contributed by atoms with Gasteiger partial charge in [-0.05, 0) is 35.9 Å². The number of carbonyl (C=O) groups is 2. The van der Waals surface area contributed by atoms with E-state index in [0.717, 1.165) is 5.56 Å². The fraction of sp³-hybridized carbons (Fsp3) is 0.118. The molecule has 5 nitrogen and oxygen atoms in total. The lowest BCUT2D eigenvalue weighted by molar-refractivity contribution is 0.0472. The van der Waals surface area contributed by atoms with Crippen molar-refractivity contribution in [2.45, 2.75) is 6.61 Å². The third kappa shape index (κ3) is 3.70. The van der Waals surface area contributed by atoms with Crippen molar-refractivity contribution in [1.82, 2.24) is 0 Å². The standard InChI is InChI=1S/C17H13NO4/c1-21-16(19)14-3-2-4-15(9-14)17(20)22-11-13-7-5-12(10-18)6-8-13/h2-9H,11H2,1H3. The number of methoxy groups -OCH3 is 1. The quantitative estimate of drug-likeness (QED) is 0.810. The molecule has 0 amide bonds. The van der Waals surface area contributed by atoms with E-state index in [2.05, 4.69) is 4.74 Å². The molecular formula is C17H13NO4. The maximum atomic E-state index is 12.0. The molecule has 110 valence electrons. The SMILES string of the molecule is COC(=O)c1cccc(C(=O)OCc2ccc(C#N)cc2)c1. The van der Waals surface area contributed by atoms with Crippen LogP contribution in [-0.2, 0) is 16.1 Å². The average Bonchev–Trinajstić information content (AvgIpc) is 2.59. The minimum atomic E-state index is -0.532. The van der Waals surface area contributed by atoms with Crippen LogP contribution in [0.3, 0.4) is 0 Å². The van der Waals surface area contributed by atoms with Gasteiger partial charge in [-0.1, -0.05) is 18.2 Å². The van der Waals surface area contributed by atoms with Gasteiger partial charge >= 0.3 is 11.9 Å². The molecule has 0 heterocycles. The number of esters is 2. The summed E-state index contributed by atoms with van der Waals surface area (Å²) in [6.45, 7) is 0.0903. The predicted molar refractivity (Wildman–Crippen MR) is 78.1 cm³/mol. The number of nitriles is 1. The number of carbonyl (C=O) groups excluding carboxylic acids is 2. The second-order valence-corrected chi connectivity index (χ2v) is 4.46. The third-order valence-corrected chi connectivity index (χ3v) is 2.97. The molecule has 2 aromatic rings. The number of rotatable bonds is 4. The topological polar surface area (TPSA) is 76.4 Å². The molecule has 0 bridgehead atoms. The predicted octanol–water partition coefficient (Wildman–Crippen LogP) is 2.70. The molecule has 0 aliphatic rings. The van der Waals surface area contributed by atoms with E-state index in [0.29, 0.717) is 5.56 Å². The maximum absolute atomic E-state index is 12.0. The van der Waals surface area contributed by atoms with Crippen molar-refractivity contribution in [3.05, 3.63) is 70.8 Å². The summed E-state index contributed by atoms with van der Waals surface area (Å²) in [7, 11) is 1.28. The first kappa shape index (κ1) is 15.3. The Labute approximate surface area is 127 Å². The van der Waals surface area contributed by atoms with Crippen molar-refractivity contribution >= 4 is 11.9 Å². The first-order valence-electron chi connectivity index (χ1n) is 6.48. The molecular weight excluding hydrogens is 282 g/mol. The highest BCUT2D eigenvalue weighted by molar-refractivity contribution is 5.95. The lowest BCUT2D eigenvalue weighted by Gasteiger charge is -2.06. The first-order valence-corrected chi connectivity index (χ1v) is 6.48. The van der Waals surface area contributed by atoms with Crippen LogP contribution < -0.4 is 0 Å². The lowest BCUT2D eigenvalue weighted by Crippen LogP contribution is -2.08. The van der Waals surface area contributed by atoms with E-state index in [-0.39, 0.29) is 17.7 Å². The zero-order valence-electron chi connectivity index (χ0n) is 11.9. The normalized spacial score (nSPS) is 9.64. The van der Waals surface area contributed by atoms with Gasteiger partial charge in [0.1, 0.15) is 6.61 Å². The second kappa shape index (κ2) is 7.04. The van der Waals surface area contributed by atoms with Gasteiger partial charge in [0, 0.05) is 0 Å². The zero-order chi connectivity index (χ0) is 15.9. The van der Waals surface area contributed by atoms with Crippen LogP contribution in [0, 0.1) is 11.3 Å². The van der Waals surface area contributed by atoms with Crippen LogP contribution in [0.5, 0.6) is 0 Å². The highest BCUT2D eigenvalue weighted by atomic mass is 16.5. The third-order valence-electron chi connectivity index (χ3n) is 2.97. The highest BCUT2D eigenvalue weighted by Crippen LogP contribution is 2.10. The molecule has 0 fully saturated rings. The summed E-state index contributed by atoms with van der Waals surface area (Å²) in [6, 6.07) is 14.9. The van der Waals surface area contributed by atoms with Crippen molar-refractivity contribution in [2.24, 2.45) is 0 Å². The summed E-state index contributed by atoms with van der Waals surface area (Å²) >= 11 is 0. The maximum Gasteiger partial charge on any atom is 0.338 e. The summed E-state index contributed by atoms with van der Waals surface area (Å²) in [5.41, 5.74) is 1.88. The Morgan fingerprint density at radius 2 is 1.68 bits per heavy atom. The van der Waals surface area contributed by atoms with Crippen LogP contribution in [0.15, 0.2) is 48.5 Å². The average molecular weight is 295 g/mol. The Morgan fingerprint density at radius 1 is 1.05 bits per heavy atom. The molecule has 0 radical (unpaired) electrons. The van der Waals surface area contributed by atoms with E-state index in [1.165, 1.54) is 13.2 Å². The van der Waals surface area contributed by atoms with Gasteiger partial charge in [0.2, 0.25) is 0 Å². The fourth-order valence-corrected chi connectivity index (χ4v) is 1.80. The van der Waals surface area contributed by atoms with E-state index in [1.807, 2.05) is 6.07 Å². The number of ether oxygens (including phenoxy) is 2. The zero-order valence-corrected chi connectivity index (χ0v) is 11.9. The summed E-state index contributed by atoms with van der Waals surface area (Å²) in [4.78, 5) is 23.4. The summed E-state index contributed by atoms with van der Waals surface area (Å²) < 4.78 is 9.79. The monoisotopic (exact) mass is 295 g/mol. The molecule has 0 saturated carbocycles. The van der Waals surface area contributed by atoms with E-state index < -0.39 is 11.9 Å². The van der Waals surface area contributed by atoms with Gasteiger partial charge in [0.25, 0.3) is 0 Å². The van der Waals surface area contributed by atoms with Gasteiger partial charge in [-0.15, -0.1) is 0 Å². The van der Waals surface area contributed by atoms with Crippen LogP contribution in [0.25, 0.3) is 0 Å². The van der Waals surface area contributed by atoms with Crippen LogP contribution in [0.1, 0.15) is 31.8 Å². The summed E-state index contributed by atoms with van der Waals surface area (Å²) in [6.07, 6.45) is 0. The van der Waals surface area contributed by atoms with Gasteiger partial charge in [-0.25, -0.2) is 9.59 Å². The Bertz CT molecular complexity index is 729. The lowest BCUT2D eigenvalue weighted by atomic mass is 10.1. The molecule has 0 saturated heterocycles. The molecule has 0 aromatic heterocycles. The van der Waals surface area contributed by atoms with E-state index in [9.17, 15) is 9.59 Å². The van der Waals surface area contributed by atoms with Gasteiger partial charge in [-0.2, -0.15) is 5.26 Å². The molecule has 0 N–H and O–H groups in total. The molecule has 2 aromatic carbocycles. The Balaban J connectivity index is 2.03. The molecule has 0 aliphatic carbocycles. The van der Waals surface area contributed by atoms with Gasteiger partial charge in [0.05, 0.1) is 29.9 Å². The van der Waals surface area contributed by atoms with Crippen molar-refractivity contribution < 1.29 is 19.1 Å².